The fraction of sp³-hybridized carbons (Fsp3) is 1.00. The average molecular weight is 321 g/mol. The summed E-state index contributed by atoms with van der Waals surface area (Å²) in [6, 6.07) is 0.694. The largest absolute Gasteiger partial charge is 0.373 e. The van der Waals surface area contributed by atoms with Gasteiger partial charge in [-0.2, -0.15) is 0 Å². The maximum atomic E-state index is 6.57. The van der Waals surface area contributed by atoms with Gasteiger partial charge in [0.2, 0.25) is 0 Å². The normalized spacial score (nSPS) is 40.4. The van der Waals surface area contributed by atoms with Crippen LogP contribution in [0.15, 0.2) is 0 Å². The summed E-state index contributed by atoms with van der Waals surface area (Å²) in [5.74, 6) is 0.769. The Morgan fingerprint density at radius 3 is 2.09 bits per heavy atom. The van der Waals surface area contributed by atoms with Crippen LogP contribution in [0.2, 0.25) is 0 Å². The van der Waals surface area contributed by atoms with Gasteiger partial charge in [0, 0.05) is 37.8 Å². The molecule has 0 aromatic carbocycles. The first-order valence-corrected chi connectivity index (χ1v) is 10.0. The van der Waals surface area contributed by atoms with Crippen molar-refractivity contribution >= 4 is 0 Å². The standard InChI is InChI=1S/C20H36N2O/c1-16(2)18-5-9-20(10-6-18,23-15-18)14-22-12-11-21(17(3)4)13-19(22)7-8-19/h16-17H,5-15H2,1-4H3. The van der Waals surface area contributed by atoms with Gasteiger partial charge >= 0.3 is 0 Å². The Kier molecular flexibility index (Phi) is 3.87. The Balaban J connectivity index is 1.42. The molecule has 2 bridgehead atoms. The van der Waals surface area contributed by atoms with Gasteiger partial charge in [-0.15, -0.1) is 0 Å². The van der Waals surface area contributed by atoms with Crippen LogP contribution in [0.25, 0.3) is 0 Å². The second-order valence-corrected chi connectivity index (χ2v) is 9.70. The summed E-state index contributed by atoms with van der Waals surface area (Å²) < 4.78 is 6.57. The van der Waals surface area contributed by atoms with Crippen LogP contribution in [-0.4, -0.2) is 59.8 Å². The van der Waals surface area contributed by atoms with E-state index in [0.29, 0.717) is 17.0 Å². The molecule has 3 heteroatoms. The van der Waals surface area contributed by atoms with E-state index >= 15 is 0 Å². The Bertz CT molecular complexity index is 430. The molecule has 0 amide bonds. The summed E-state index contributed by atoms with van der Waals surface area (Å²) in [7, 11) is 0. The van der Waals surface area contributed by atoms with Gasteiger partial charge < -0.3 is 4.74 Å². The van der Waals surface area contributed by atoms with E-state index in [1.54, 1.807) is 0 Å². The lowest BCUT2D eigenvalue weighted by molar-refractivity contribution is -0.208. The van der Waals surface area contributed by atoms with Gasteiger partial charge in [-0.05, 0) is 63.7 Å². The van der Waals surface area contributed by atoms with Crippen molar-refractivity contribution in [2.45, 2.75) is 83.4 Å². The van der Waals surface area contributed by atoms with Crippen molar-refractivity contribution in [3.05, 3.63) is 0 Å². The molecule has 0 aromatic rings. The van der Waals surface area contributed by atoms with E-state index < -0.39 is 0 Å². The zero-order chi connectivity index (χ0) is 16.3. The number of rotatable bonds is 4. The number of hydrogen-bond acceptors (Lipinski definition) is 3. The molecule has 0 N–H and O–H groups in total. The molecule has 0 unspecified atom stereocenters. The van der Waals surface area contributed by atoms with Gasteiger partial charge in [-0.3, -0.25) is 9.80 Å². The molecule has 3 heterocycles. The van der Waals surface area contributed by atoms with Crippen LogP contribution >= 0.6 is 0 Å². The van der Waals surface area contributed by atoms with E-state index in [-0.39, 0.29) is 5.60 Å². The minimum absolute atomic E-state index is 0.187. The molecule has 3 nitrogen and oxygen atoms in total. The van der Waals surface area contributed by atoms with Crippen LogP contribution in [0.5, 0.6) is 0 Å². The van der Waals surface area contributed by atoms with Crippen LogP contribution in [0.4, 0.5) is 0 Å². The number of piperazine rings is 1. The van der Waals surface area contributed by atoms with E-state index in [9.17, 15) is 0 Å². The lowest BCUT2D eigenvalue weighted by Crippen LogP contribution is -2.63. The van der Waals surface area contributed by atoms with Crippen molar-refractivity contribution in [1.82, 2.24) is 9.80 Å². The van der Waals surface area contributed by atoms with E-state index in [4.69, 9.17) is 4.74 Å². The molecule has 2 aliphatic carbocycles. The summed E-state index contributed by atoms with van der Waals surface area (Å²) in [6.45, 7) is 15.5. The van der Waals surface area contributed by atoms with Crippen molar-refractivity contribution in [2.75, 3.05) is 32.8 Å². The topological polar surface area (TPSA) is 15.7 Å². The molecule has 3 aliphatic heterocycles. The maximum Gasteiger partial charge on any atom is 0.0809 e. The van der Waals surface area contributed by atoms with Gasteiger partial charge in [-0.1, -0.05) is 13.8 Å². The second kappa shape index (κ2) is 5.44. The molecule has 5 fully saturated rings. The van der Waals surface area contributed by atoms with E-state index in [0.717, 1.165) is 12.5 Å². The molecular formula is C20H36N2O. The molecule has 3 saturated heterocycles. The first-order chi connectivity index (χ1) is 10.9. The third-order valence-electron chi connectivity index (χ3n) is 7.91. The molecular weight excluding hydrogens is 284 g/mol. The lowest BCUT2D eigenvalue weighted by Gasteiger charge is -2.57. The van der Waals surface area contributed by atoms with Crippen LogP contribution in [0.3, 0.4) is 0 Å². The summed E-state index contributed by atoms with van der Waals surface area (Å²) in [5, 5.41) is 0. The van der Waals surface area contributed by atoms with Gasteiger partial charge in [-0.25, -0.2) is 0 Å². The first-order valence-electron chi connectivity index (χ1n) is 10.0. The molecule has 0 radical (unpaired) electrons. The summed E-state index contributed by atoms with van der Waals surface area (Å²) in [4.78, 5) is 5.52. The van der Waals surface area contributed by atoms with Crippen molar-refractivity contribution in [3.63, 3.8) is 0 Å². The molecule has 23 heavy (non-hydrogen) atoms. The maximum absolute atomic E-state index is 6.57. The third kappa shape index (κ3) is 2.67. The molecule has 1 spiro atoms. The van der Waals surface area contributed by atoms with Crippen molar-refractivity contribution < 1.29 is 4.74 Å². The Morgan fingerprint density at radius 1 is 0.913 bits per heavy atom. The molecule has 0 aromatic heterocycles. The molecule has 0 atom stereocenters. The highest BCUT2D eigenvalue weighted by molar-refractivity contribution is 5.11. The van der Waals surface area contributed by atoms with Crippen LogP contribution in [-0.2, 0) is 4.74 Å². The molecule has 5 rings (SSSR count). The zero-order valence-electron chi connectivity index (χ0n) is 15.7. The number of ether oxygens (including phenoxy) is 1. The van der Waals surface area contributed by atoms with Crippen LogP contribution < -0.4 is 0 Å². The van der Waals surface area contributed by atoms with Gasteiger partial charge in [0.1, 0.15) is 0 Å². The highest BCUT2D eigenvalue weighted by atomic mass is 16.5. The molecule has 132 valence electrons. The minimum Gasteiger partial charge on any atom is -0.373 e. The van der Waals surface area contributed by atoms with Gasteiger partial charge in [0.15, 0.2) is 0 Å². The zero-order valence-corrected chi connectivity index (χ0v) is 15.7. The number of fused-ring (bicyclic) bond motifs is 3. The number of hydrogen-bond donors (Lipinski definition) is 0. The van der Waals surface area contributed by atoms with Crippen molar-refractivity contribution in [3.8, 4) is 0 Å². The first kappa shape index (κ1) is 16.4. The summed E-state index contributed by atoms with van der Waals surface area (Å²) >= 11 is 0. The Hall–Kier alpha value is -0.120. The Morgan fingerprint density at radius 2 is 1.61 bits per heavy atom. The van der Waals surface area contributed by atoms with Gasteiger partial charge in [0.25, 0.3) is 0 Å². The Labute approximate surface area is 142 Å². The number of nitrogens with zero attached hydrogens (tertiary/aromatic N) is 2. The molecule has 2 saturated carbocycles. The van der Waals surface area contributed by atoms with E-state index in [1.807, 2.05) is 0 Å². The third-order valence-corrected chi connectivity index (χ3v) is 7.91. The quantitative estimate of drug-likeness (QED) is 0.788. The predicted octanol–water partition coefficient (Wildman–Crippen LogP) is 3.53. The van der Waals surface area contributed by atoms with Crippen molar-refractivity contribution in [1.29, 1.82) is 0 Å². The van der Waals surface area contributed by atoms with E-state index in [1.165, 1.54) is 64.7 Å². The van der Waals surface area contributed by atoms with Crippen molar-refractivity contribution in [2.24, 2.45) is 11.3 Å². The smallest absolute Gasteiger partial charge is 0.0809 e. The highest BCUT2D eigenvalue weighted by Crippen LogP contribution is 2.54. The average Bonchev–Trinajstić information content (AvgIpc) is 3.31. The summed E-state index contributed by atoms with van der Waals surface area (Å²) in [5.41, 5.74) is 1.19. The SMILES string of the molecule is CC(C)N1CCN(CC23CCC(C(C)C)(CC2)CO3)C2(CC2)C1. The molecule has 5 aliphatic rings. The lowest BCUT2D eigenvalue weighted by atomic mass is 9.61. The monoisotopic (exact) mass is 320 g/mol. The van der Waals surface area contributed by atoms with Gasteiger partial charge in [0.05, 0.1) is 12.2 Å². The minimum atomic E-state index is 0.187. The fourth-order valence-corrected chi connectivity index (χ4v) is 5.43. The van der Waals surface area contributed by atoms with Crippen LogP contribution in [0, 0.1) is 11.3 Å². The second-order valence-electron chi connectivity index (χ2n) is 9.70. The van der Waals surface area contributed by atoms with Crippen LogP contribution in [0.1, 0.15) is 66.2 Å². The fourth-order valence-electron chi connectivity index (χ4n) is 5.43. The van der Waals surface area contributed by atoms with E-state index in [2.05, 4.69) is 37.5 Å². The highest BCUT2D eigenvalue weighted by Gasteiger charge is 2.56. The summed E-state index contributed by atoms with van der Waals surface area (Å²) in [6.07, 6.45) is 8.19. The predicted molar refractivity (Wildman–Crippen MR) is 94.7 cm³/mol.